The fraction of sp³-hybridized carbons (Fsp3) is 0. The van der Waals surface area contributed by atoms with Gasteiger partial charge in [0, 0.05) is 59.3 Å². The molecule has 0 N–H and O–H groups in total. The van der Waals surface area contributed by atoms with E-state index in [4.69, 9.17) is 9.97 Å². The van der Waals surface area contributed by atoms with Gasteiger partial charge in [-0.15, -0.1) is 11.3 Å². The first-order chi connectivity index (χ1) is 22.8. The highest BCUT2D eigenvalue weighted by Gasteiger charge is 2.22. The summed E-state index contributed by atoms with van der Waals surface area (Å²) in [7, 11) is 0. The summed E-state index contributed by atoms with van der Waals surface area (Å²) in [6.45, 7) is 0. The molecule has 10 rings (SSSR count). The molecular weight excluding hydrogens is 581 g/mol. The molecule has 0 atom stereocenters. The van der Waals surface area contributed by atoms with E-state index < -0.39 is 0 Å². The second-order valence-electron chi connectivity index (χ2n) is 11.6. The molecule has 0 aliphatic heterocycles. The van der Waals surface area contributed by atoms with Gasteiger partial charge in [0.25, 0.3) is 0 Å². The Morgan fingerprint density at radius 3 is 2.17 bits per heavy atom. The van der Waals surface area contributed by atoms with Crippen LogP contribution in [0.5, 0.6) is 0 Å². The first kappa shape index (κ1) is 25.4. The maximum absolute atomic E-state index is 5.12. The van der Waals surface area contributed by atoms with Crippen LogP contribution in [0, 0.1) is 0 Å². The lowest BCUT2D eigenvalue weighted by atomic mass is 9.99. The van der Waals surface area contributed by atoms with Crippen molar-refractivity contribution in [2.24, 2.45) is 0 Å². The van der Waals surface area contributed by atoms with Crippen LogP contribution in [0.1, 0.15) is 0 Å². The Hall–Kier alpha value is -5.91. The second kappa shape index (κ2) is 9.80. The smallest absolute Gasteiger partial charge is 0.160 e. The first-order valence-electron chi connectivity index (χ1n) is 15.4. The highest BCUT2D eigenvalue weighted by atomic mass is 32.1. The maximum Gasteiger partial charge on any atom is 0.160 e. The van der Waals surface area contributed by atoms with Crippen molar-refractivity contribution in [3.8, 4) is 28.3 Å². The summed E-state index contributed by atoms with van der Waals surface area (Å²) in [5.74, 6) is 0.679. The number of hydrogen-bond acceptors (Lipinski definition) is 4. The molecule has 0 saturated carbocycles. The summed E-state index contributed by atoms with van der Waals surface area (Å²) in [6.07, 6.45) is 1.80. The first-order valence-corrected chi connectivity index (χ1v) is 16.2. The third-order valence-corrected chi connectivity index (χ3v) is 10.2. The Labute approximate surface area is 267 Å². The van der Waals surface area contributed by atoms with Crippen molar-refractivity contribution in [1.29, 1.82) is 0 Å². The van der Waals surface area contributed by atoms with Gasteiger partial charge in [-0.3, -0.25) is 4.98 Å². The average molecular weight is 605 g/mol. The summed E-state index contributed by atoms with van der Waals surface area (Å²) < 4.78 is 5.08. The van der Waals surface area contributed by atoms with Gasteiger partial charge in [-0.25, -0.2) is 9.97 Å². The molecule has 214 valence electrons. The van der Waals surface area contributed by atoms with Crippen molar-refractivity contribution in [3.05, 3.63) is 146 Å². The van der Waals surface area contributed by atoms with Gasteiger partial charge in [-0.2, -0.15) is 0 Å². The van der Waals surface area contributed by atoms with E-state index >= 15 is 0 Å². The van der Waals surface area contributed by atoms with Crippen molar-refractivity contribution in [2.75, 3.05) is 0 Å². The predicted octanol–water partition coefficient (Wildman–Crippen LogP) is 11.0. The van der Waals surface area contributed by atoms with Crippen molar-refractivity contribution in [3.63, 3.8) is 0 Å². The molecule has 10 aromatic rings. The van der Waals surface area contributed by atoms with E-state index in [0.29, 0.717) is 5.82 Å². The molecule has 0 bridgehead atoms. The molecule has 0 fully saturated rings. The van der Waals surface area contributed by atoms with Gasteiger partial charge in [0.05, 0.1) is 16.6 Å². The standard InChI is InChI=1S/C41H24N4S/c1-2-12-25(13-3-1)37-38-32(20-11-23-42-38)43-41(44-37)26-14-10-15-27(24-26)45-33-21-8-6-18-30(33)36-39(45)29-17-5-4-16-28(29)35-31-19-7-9-22-34(31)46-40(35)36/h1-24H. The SMILES string of the molecule is c1ccc(-c2nc(-c3cccc(-n4c5ccccc5c5c6sc7ccccc7c6c6ccccc6c54)c3)nc3cccnc23)cc1. The highest BCUT2D eigenvalue weighted by molar-refractivity contribution is 7.27. The number of pyridine rings is 1. The molecule has 0 unspecified atom stereocenters. The molecule has 0 amide bonds. The Balaban J connectivity index is 1.29. The molecule has 46 heavy (non-hydrogen) atoms. The van der Waals surface area contributed by atoms with E-state index in [1.807, 2.05) is 41.7 Å². The lowest BCUT2D eigenvalue weighted by Gasteiger charge is -2.13. The monoisotopic (exact) mass is 604 g/mol. The van der Waals surface area contributed by atoms with Gasteiger partial charge in [0.15, 0.2) is 5.82 Å². The van der Waals surface area contributed by atoms with Gasteiger partial charge in [-0.1, -0.05) is 103 Å². The molecule has 0 spiro atoms. The molecule has 5 heteroatoms. The molecule has 4 heterocycles. The number of benzene rings is 6. The number of para-hydroxylation sites is 1. The third-order valence-electron chi connectivity index (χ3n) is 9.01. The van der Waals surface area contributed by atoms with Crippen LogP contribution in [-0.4, -0.2) is 19.5 Å². The van der Waals surface area contributed by atoms with Crippen LogP contribution >= 0.6 is 11.3 Å². The molecule has 6 aromatic carbocycles. The molecular formula is C41H24N4S. The minimum absolute atomic E-state index is 0.679. The van der Waals surface area contributed by atoms with E-state index in [0.717, 1.165) is 33.5 Å². The lowest BCUT2D eigenvalue weighted by Crippen LogP contribution is -1.98. The van der Waals surface area contributed by atoms with Gasteiger partial charge in [0.1, 0.15) is 11.2 Å². The molecule has 0 aliphatic carbocycles. The van der Waals surface area contributed by atoms with Gasteiger partial charge >= 0.3 is 0 Å². The quantitative estimate of drug-likeness (QED) is 0.201. The number of thiophene rings is 1. The minimum Gasteiger partial charge on any atom is -0.309 e. The summed E-state index contributed by atoms with van der Waals surface area (Å²) in [5.41, 5.74) is 7.92. The maximum atomic E-state index is 5.12. The van der Waals surface area contributed by atoms with Crippen molar-refractivity contribution in [1.82, 2.24) is 19.5 Å². The zero-order valence-electron chi connectivity index (χ0n) is 24.6. The lowest BCUT2D eigenvalue weighted by molar-refractivity contribution is 1.17. The largest absolute Gasteiger partial charge is 0.309 e. The van der Waals surface area contributed by atoms with Crippen molar-refractivity contribution >= 4 is 75.1 Å². The van der Waals surface area contributed by atoms with Crippen LogP contribution in [0.15, 0.2) is 146 Å². The normalized spacial score (nSPS) is 11.9. The van der Waals surface area contributed by atoms with E-state index in [1.54, 1.807) is 6.20 Å². The summed E-state index contributed by atoms with van der Waals surface area (Å²) in [6, 6.07) is 49.3. The Kier molecular flexibility index (Phi) is 5.41. The van der Waals surface area contributed by atoms with E-state index in [-0.39, 0.29) is 0 Å². The van der Waals surface area contributed by atoms with Crippen LogP contribution in [-0.2, 0) is 0 Å². The zero-order chi connectivity index (χ0) is 30.2. The minimum atomic E-state index is 0.679. The van der Waals surface area contributed by atoms with E-state index in [1.165, 1.54) is 52.8 Å². The van der Waals surface area contributed by atoms with Crippen LogP contribution in [0.3, 0.4) is 0 Å². The molecule has 0 saturated heterocycles. The number of fused-ring (bicyclic) bond motifs is 11. The number of aromatic nitrogens is 4. The third kappa shape index (κ3) is 3.63. The Bertz CT molecular complexity index is 2810. The Morgan fingerprint density at radius 1 is 0.543 bits per heavy atom. The molecule has 4 aromatic heterocycles. The zero-order valence-corrected chi connectivity index (χ0v) is 25.4. The van der Waals surface area contributed by atoms with Gasteiger partial charge < -0.3 is 4.57 Å². The Morgan fingerprint density at radius 2 is 1.28 bits per heavy atom. The van der Waals surface area contributed by atoms with Gasteiger partial charge in [-0.05, 0) is 41.8 Å². The number of nitrogens with zero attached hydrogens (tertiary/aromatic N) is 4. The summed E-state index contributed by atoms with van der Waals surface area (Å²) in [4.78, 5) is 14.8. The summed E-state index contributed by atoms with van der Waals surface area (Å²) in [5, 5.41) is 7.73. The fourth-order valence-corrected chi connectivity index (χ4v) is 8.34. The van der Waals surface area contributed by atoms with Crippen LogP contribution in [0.2, 0.25) is 0 Å². The number of hydrogen-bond donors (Lipinski definition) is 0. The molecule has 0 aliphatic rings. The van der Waals surface area contributed by atoms with Crippen LogP contribution in [0.4, 0.5) is 0 Å². The van der Waals surface area contributed by atoms with E-state index in [9.17, 15) is 0 Å². The number of rotatable bonds is 3. The van der Waals surface area contributed by atoms with Crippen molar-refractivity contribution < 1.29 is 0 Å². The van der Waals surface area contributed by atoms with Crippen molar-refractivity contribution in [2.45, 2.75) is 0 Å². The summed E-state index contributed by atoms with van der Waals surface area (Å²) >= 11 is 1.89. The molecule has 4 nitrogen and oxygen atoms in total. The molecule has 0 radical (unpaired) electrons. The van der Waals surface area contributed by atoms with Crippen LogP contribution < -0.4 is 0 Å². The van der Waals surface area contributed by atoms with E-state index in [2.05, 4.69) is 119 Å². The topological polar surface area (TPSA) is 43.6 Å². The second-order valence-corrected chi connectivity index (χ2v) is 12.7. The van der Waals surface area contributed by atoms with Gasteiger partial charge in [0.2, 0.25) is 0 Å². The predicted molar refractivity (Wildman–Crippen MR) is 193 cm³/mol. The average Bonchev–Trinajstić information content (AvgIpc) is 3.69. The highest BCUT2D eigenvalue weighted by Crippen LogP contribution is 2.48. The fourth-order valence-electron chi connectivity index (χ4n) is 7.07. The van der Waals surface area contributed by atoms with Crippen LogP contribution in [0.25, 0.3) is 92.1 Å².